The third-order valence-electron chi connectivity index (χ3n) is 2.05. The summed E-state index contributed by atoms with van der Waals surface area (Å²) in [7, 11) is 1.69. The molecule has 0 radical (unpaired) electrons. The lowest BCUT2D eigenvalue weighted by molar-refractivity contribution is 0.584. The summed E-state index contributed by atoms with van der Waals surface area (Å²) < 4.78 is 26.0. The first-order valence-electron chi connectivity index (χ1n) is 4.65. The minimum absolute atomic E-state index is 0.363. The highest BCUT2D eigenvalue weighted by molar-refractivity contribution is 5.59. The summed E-state index contributed by atoms with van der Waals surface area (Å²) in [4.78, 5) is 8.06. The van der Waals surface area contributed by atoms with Crippen molar-refractivity contribution >= 4 is 5.82 Å². The van der Waals surface area contributed by atoms with Crippen molar-refractivity contribution in [3.8, 4) is 11.3 Å². The molecule has 0 aliphatic heterocycles. The molecule has 0 spiro atoms. The van der Waals surface area contributed by atoms with Gasteiger partial charge in [-0.1, -0.05) is 0 Å². The summed E-state index contributed by atoms with van der Waals surface area (Å²) in [6, 6.07) is 3.25. The number of halogens is 2. The van der Waals surface area contributed by atoms with Crippen LogP contribution < -0.4 is 5.32 Å². The third kappa shape index (κ3) is 2.13. The SMILES string of the molecule is CNc1cncc(-c2cc(F)cc(F)c2)n1. The van der Waals surface area contributed by atoms with E-state index >= 15 is 0 Å². The van der Waals surface area contributed by atoms with Crippen molar-refractivity contribution in [1.29, 1.82) is 0 Å². The van der Waals surface area contributed by atoms with Crippen LogP contribution in [0.4, 0.5) is 14.6 Å². The smallest absolute Gasteiger partial charge is 0.144 e. The Balaban J connectivity index is 2.49. The summed E-state index contributed by atoms with van der Waals surface area (Å²) in [6.45, 7) is 0. The molecule has 0 saturated heterocycles. The zero-order valence-corrected chi connectivity index (χ0v) is 8.54. The lowest BCUT2D eigenvalue weighted by atomic mass is 10.1. The predicted octanol–water partition coefficient (Wildman–Crippen LogP) is 2.46. The number of nitrogens with zero attached hydrogens (tertiary/aromatic N) is 2. The molecule has 0 unspecified atom stereocenters. The van der Waals surface area contributed by atoms with Crippen LogP contribution in [0.3, 0.4) is 0 Å². The van der Waals surface area contributed by atoms with E-state index in [4.69, 9.17) is 0 Å². The van der Waals surface area contributed by atoms with Gasteiger partial charge in [0, 0.05) is 18.7 Å². The van der Waals surface area contributed by atoms with Crippen LogP contribution in [0.15, 0.2) is 30.6 Å². The Morgan fingerprint density at radius 3 is 2.38 bits per heavy atom. The molecule has 5 heteroatoms. The van der Waals surface area contributed by atoms with Crippen LogP contribution in [0, 0.1) is 11.6 Å². The van der Waals surface area contributed by atoms with Crippen LogP contribution >= 0.6 is 0 Å². The lowest BCUT2D eigenvalue weighted by Crippen LogP contribution is -1.95. The molecule has 16 heavy (non-hydrogen) atoms. The monoisotopic (exact) mass is 221 g/mol. The highest BCUT2D eigenvalue weighted by Crippen LogP contribution is 2.19. The second-order valence-corrected chi connectivity index (χ2v) is 3.20. The first-order valence-corrected chi connectivity index (χ1v) is 4.65. The van der Waals surface area contributed by atoms with E-state index in [1.54, 1.807) is 7.05 Å². The molecule has 0 saturated carbocycles. The van der Waals surface area contributed by atoms with E-state index in [1.807, 2.05) is 0 Å². The number of anilines is 1. The van der Waals surface area contributed by atoms with E-state index in [9.17, 15) is 8.78 Å². The fourth-order valence-corrected chi connectivity index (χ4v) is 1.33. The van der Waals surface area contributed by atoms with Crippen LogP contribution in [0.5, 0.6) is 0 Å². The quantitative estimate of drug-likeness (QED) is 0.846. The zero-order valence-electron chi connectivity index (χ0n) is 8.54. The van der Waals surface area contributed by atoms with Gasteiger partial charge in [-0.2, -0.15) is 0 Å². The number of nitrogens with one attached hydrogen (secondary N) is 1. The van der Waals surface area contributed by atoms with Crippen LogP contribution in [0.2, 0.25) is 0 Å². The first kappa shape index (κ1) is 10.5. The van der Waals surface area contributed by atoms with Gasteiger partial charge in [-0.25, -0.2) is 13.8 Å². The van der Waals surface area contributed by atoms with Crippen molar-refractivity contribution in [2.24, 2.45) is 0 Å². The summed E-state index contributed by atoms with van der Waals surface area (Å²) in [5, 5.41) is 2.81. The number of benzene rings is 1. The molecular weight excluding hydrogens is 212 g/mol. The van der Waals surface area contributed by atoms with Gasteiger partial charge in [0.2, 0.25) is 0 Å². The predicted molar refractivity (Wildman–Crippen MR) is 56.9 cm³/mol. The molecule has 0 aliphatic rings. The minimum Gasteiger partial charge on any atom is -0.372 e. The number of hydrogen-bond donors (Lipinski definition) is 1. The molecule has 0 bridgehead atoms. The Morgan fingerprint density at radius 1 is 1.06 bits per heavy atom. The van der Waals surface area contributed by atoms with E-state index in [0.717, 1.165) is 6.07 Å². The van der Waals surface area contributed by atoms with Gasteiger partial charge in [0.05, 0.1) is 18.1 Å². The molecule has 0 atom stereocenters. The molecule has 1 aromatic carbocycles. The van der Waals surface area contributed by atoms with Gasteiger partial charge >= 0.3 is 0 Å². The van der Waals surface area contributed by atoms with Crippen molar-refractivity contribution in [1.82, 2.24) is 9.97 Å². The van der Waals surface area contributed by atoms with Gasteiger partial charge < -0.3 is 5.32 Å². The van der Waals surface area contributed by atoms with Gasteiger partial charge in [-0.05, 0) is 12.1 Å². The van der Waals surface area contributed by atoms with Gasteiger partial charge in [0.1, 0.15) is 17.5 Å². The summed E-state index contributed by atoms with van der Waals surface area (Å²) >= 11 is 0. The summed E-state index contributed by atoms with van der Waals surface area (Å²) in [6.07, 6.45) is 2.98. The fourth-order valence-electron chi connectivity index (χ4n) is 1.33. The lowest BCUT2D eigenvalue weighted by Gasteiger charge is -2.03. The molecule has 0 amide bonds. The number of hydrogen-bond acceptors (Lipinski definition) is 3. The van der Waals surface area contributed by atoms with E-state index in [0.29, 0.717) is 17.1 Å². The van der Waals surface area contributed by atoms with E-state index in [1.165, 1.54) is 24.5 Å². The molecule has 1 aromatic heterocycles. The van der Waals surface area contributed by atoms with E-state index < -0.39 is 11.6 Å². The van der Waals surface area contributed by atoms with Gasteiger partial charge in [0.25, 0.3) is 0 Å². The second-order valence-electron chi connectivity index (χ2n) is 3.20. The number of aromatic nitrogens is 2. The van der Waals surface area contributed by atoms with Crippen LogP contribution in [0.25, 0.3) is 11.3 Å². The average Bonchev–Trinajstić information content (AvgIpc) is 2.28. The van der Waals surface area contributed by atoms with Crippen molar-refractivity contribution in [3.63, 3.8) is 0 Å². The Kier molecular flexibility index (Phi) is 2.76. The molecule has 1 N–H and O–H groups in total. The normalized spacial score (nSPS) is 10.2. The molecule has 2 aromatic rings. The highest BCUT2D eigenvalue weighted by Gasteiger charge is 2.05. The van der Waals surface area contributed by atoms with Crippen LogP contribution in [0.1, 0.15) is 0 Å². The maximum Gasteiger partial charge on any atom is 0.144 e. The van der Waals surface area contributed by atoms with Gasteiger partial charge in [-0.3, -0.25) is 4.98 Å². The summed E-state index contributed by atoms with van der Waals surface area (Å²) in [5.74, 6) is -0.722. The Morgan fingerprint density at radius 2 is 1.75 bits per heavy atom. The van der Waals surface area contributed by atoms with Crippen molar-refractivity contribution in [2.75, 3.05) is 12.4 Å². The Hall–Kier alpha value is -2.04. The van der Waals surface area contributed by atoms with Gasteiger partial charge in [0.15, 0.2) is 0 Å². The molecule has 1 heterocycles. The van der Waals surface area contributed by atoms with Crippen molar-refractivity contribution < 1.29 is 8.78 Å². The van der Waals surface area contributed by atoms with Crippen molar-refractivity contribution in [2.45, 2.75) is 0 Å². The van der Waals surface area contributed by atoms with E-state index in [-0.39, 0.29) is 0 Å². The highest BCUT2D eigenvalue weighted by atomic mass is 19.1. The van der Waals surface area contributed by atoms with Gasteiger partial charge in [-0.15, -0.1) is 0 Å². The van der Waals surface area contributed by atoms with Crippen molar-refractivity contribution in [3.05, 3.63) is 42.2 Å². The topological polar surface area (TPSA) is 37.8 Å². The minimum atomic E-state index is -0.633. The first-order chi connectivity index (χ1) is 7.69. The molecular formula is C11H9F2N3. The fraction of sp³-hybridized carbons (Fsp3) is 0.0909. The zero-order chi connectivity index (χ0) is 11.5. The molecule has 0 aliphatic carbocycles. The molecule has 3 nitrogen and oxygen atoms in total. The molecule has 0 fully saturated rings. The van der Waals surface area contributed by atoms with E-state index in [2.05, 4.69) is 15.3 Å². The molecule has 82 valence electrons. The standard InChI is InChI=1S/C11H9F2N3/c1-14-11-6-15-5-10(16-11)7-2-8(12)4-9(13)3-7/h2-6H,1H3,(H,14,16). The number of rotatable bonds is 2. The maximum atomic E-state index is 13.0. The summed E-state index contributed by atoms with van der Waals surface area (Å²) in [5.41, 5.74) is 0.785. The Bertz CT molecular complexity index is 494. The second kappa shape index (κ2) is 4.22. The van der Waals surface area contributed by atoms with Crippen LogP contribution in [-0.2, 0) is 0 Å². The molecule has 2 rings (SSSR count). The average molecular weight is 221 g/mol. The van der Waals surface area contributed by atoms with Crippen LogP contribution in [-0.4, -0.2) is 17.0 Å². The largest absolute Gasteiger partial charge is 0.372 e. The third-order valence-corrected chi connectivity index (χ3v) is 2.05. The maximum absolute atomic E-state index is 13.0. The Labute approximate surface area is 91.2 Å².